The molecule has 0 aliphatic carbocycles. The smallest absolute Gasteiger partial charge is 0.306 e. The third kappa shape index (κ3) is 6.00. The van der Waals surface area contributed by atoms with Crippen LogP contribution < -0.4 is 5.09 Å². The molecular weight excluding hydrogens is 449 g/mol. The number of benzene rings is 2. The molecular formula is C31H48NO2P. The van der Waals surface area contributed by atoms with E-state index in [1.807, 2.05) is 0 Å². The lowest BCUT2D eigenvalue weighted by atomic mass is 9.77. The van der Waals surface area contributed by atoms with Crippen LogP contribution in [-0.2, 0) is 21.7 Å². The SMILES string of the molecule is CCCNp1oc2c(C(C)(C)C)cc(C(C)(C)C)cc2c2cc(C(C)(C)C)cc(C(C)(C)C)c2o1. The molecule has 0 bridgehead atoms. The molecule has 1 N–H and O–H groups in total. The lowest BCUT2D eigenvalue weighted by Crippen LogP contribution is -2.17. The minimum atomic E-state index is -1.33. The number of hydrogen-bond acceptors (Lipinski definition) is 3. The van der Waals surface area contributed by atoms with Crippen LogP contribution in [0.4, 0.5) is 0 Å². The Morgan fingerprint density at radius 2 is 0.971 bits per heavy atom. The van der Waals surface area contributed by atoms with Crippen LogP contribution in [0.15, 0.2) is 32.7 Å². The van der Waals surface area contributed by atoms with Crippen LogP contribution in [0.25, 0.3) is 21.9 Å². The van der Waals surface area contributed by atoms with Gasteiger partial charge < -0.3 is 8.39 Å². The van der Waals surface area contributed by atoms with Crippen molar-refractivity contribution in [2.45, 2.75) is 118 Å². The summed E-state index contributed by atoms with van der Waals surface area (Å²) in [7, 11) is -1.33. The van der Waals surface area contributed by atoms with E-state index in [-0.39, 0.29) is 21.7 Å². The zero-order chi connectivity index (χ0) is 26.6. The van der Waals surface area contributed by atoms with Crippen molar-refractivity contribution in [3.05, 3.63) is 46.5 Å². The molecule has 0 saturated heterocycles. The topological polar surface area (TPSA) is 38.3 Å². The Morgan fingerprint density at radius 3 is 1.26 bits per heavy atom. The molecule has 0 atom stereocenters. The maximum Gasteiger partial charge on any atom is 0.306 e. The van der Waals surface area contributed by atoms with Crippen LogP contribution in [-0.4, -0.2) is 6.54 Å². The molecule has 3 nitrogen and oxygen atoms in total. The zero-order valence-electron chi connectivity index (χ0n) is 24.5. The van der Waals surface area contributed by atoms with E-state index >= 15 is 0 Å². The molecule has 1 heterocycles. The second kappa shape index (κ2) is 9.31. The lowest BCUT2D eigenvalue weighted by molar-refractivity contribution is 0.556. The Labute approximate surface area is 214 Å². The maximum atomic E-state index is 6.79. The van der Waals surface area contributed by atoms with Gasteiger partial charge in [-0.05, 0) is 51.3 Å². The molecule has 0 amide bonds. The van der Waals surface area contributed by atoms with Crippen molar-refractivity contribution in [3.8, 4) is 0 Å². The van der Waals surface area contributed by atoms with E-state index in [0.29, 0.717) is 0 Å². The van der Waals surface area contributed by atoms with Crippen LogP contribution in [0.5, 0.6) is 0 Å². The Morgan fingerprint density at radius 1 is 0.600 bits per heavy atom. The summed E-state index contributed by atoms with van der Waals surface area (Å²) in [6.07, 6.45) is 1.02. The van der Waals surface area contributed by atoms with Crippen LogP contribution >= 0.6 is 8.16 Å². The van der Waals surface area contributed by atoms with Crippen LogP contribution in [0.3, 0.4) is 0 Å². The van der Waals surface area contributed by atoms with E-state index in [1.54, 1.807) is 0 Å². The molecule has 0 aliphatic heterocycles. The van der Waals surface area contributed by atoms with Gasteiger partial charge in [-0.15, -0.1) is 0 Å². The van der Waals surface area contributed by atoms with E-state index < -0.39 is 8.16 Å². The van der Waals surface area contributed by atoms with Gasteiger partial charge in [0, 0.05) is 28.4 Å². The van der Waals surface area contributed by atoms with E-state index in [1.165, 1.54) is 22.3 Å². The molecule has 35 heavy (non-hydrogen) atoms. The molecule has 2 aromatic carbocycles. The molecule has 4 heteroatoms. The summed E-state index contributed by atoms with van der Waals surface area (Å²) >= 11 is 0. The highest BCUT2D eigenvalue weighted by molar-refractivity contribution is 7.38. The third-order valence-corrected chi connectivity index (χ3v) is 7.83. The van der Waals surface area contributed by atoms with Crippen molar-refractivity contribution in [1.29, 1.82) is 0 Å². The van der Waals surface area contributed by atoms with Crippen molar-refractivity contribution in [2.24, 2.45) is 0 Å². The molecule has 3 aromatic rings. The standard InChI is InChI=1S/C31H48NO2P/c1-14-15-32-35-33-26-22(16-20(28(2,3)4)18-24(26)30(8,9)10)23-17-21(29(5,6)7)19-25(27(23)34-35)31(11,12)13/h16-19,32H,14-15H2,1-13H3. The Hall–Kier alpha value is -1.70. The van der Waals surface area contributed by atoms with Gasteiger partial charge in [-0.25, -0.2) is 5.09 Å². The minimum absolute atomic E-state index is 0.0159. The van der Waals surface area contributed by atoms with Crippen molar-refractivity contribution in [3.63, 3.8) is 0 Å². The Bertz CT molecular complexity index is 1160. The molecule has 0 fully saturated rings. The average Bonchev–Trinajstić information content (AvgIpc) is 2.84. The Balaban J connectivity index is 2.72. The zero-order valence-corrected chi connectivity index (χ0v) is 25.4. The molecule has 0 aliphatic rings. The predicted molar refractivity (Wildman–Crippen MR) is 156 cm³/mol. The number of nitrogens with one attached hydrogen (secondary N) is 1. The van der Waals surface area contributed by atoms with Crippen LogP contribution in [0, 0.1) is 0 Å². The third-order valence-electron chi connectivity index (χ3n) is 6.66. The molecule has 1 aromatic heterocycles. The van der Waals surface area contributed by atoms with Gasteiger partial charge in [0.05, 0.1) is 0 Å². The number of hydrogen-bond donors (Lipinski definition) is 1. The fraction of sp³-hybridized carbons (Fsp3) is 0.613. The quantitative estimate of drug-likeness (QED) is 0.391. The molecule has 0 saturated carbocycles. The number of rotatable bonds is 3. The summed E-state index contributed by atoms with van der Waals surface area (Å²) in [5, 5.41) is 5.86. The molecule has 0 radical (unpaired) electrons. The second-order valence-electron chi connectivity index (χ2n) is 14.1. The highest BCUT2D eigenvalue weighted by Gasteiger charge is 2.28. The maximum absolute atomic E-state index is 6.79. The fourth-order valence-electron chi connectivity index (χ4n) is 4.29. The summed E-state index contributed by atoms with van der Waals surface area (Å²) in [5.41, 5.74) is 6.93. The van der Waals surface area contributed by atoms with Gasteiger partial charge in [-0.2, -0.15) is 0 Å². The molecule has 0 unspecified atom stereocenters. The summed E-state index contributed by atoms with van der Waals surface area (Å²) in [4.78, 5) is 0. The summed E-state index contributed by atoms with van der Waals surface area (Å²) in [6.45, 7) is 30.4. The average molecular weight is 498 g/mol. The molecule has 0 spiro atoms. The minimum Gasteiger partial charge on any atom is -0.408 e. The van der Waals surface area contributed by atoms with Gasteiger partial charge in [0.25, 0.3) is 0 Å². The summed E-state index contributed by atoms with van der Waals surface area (Å²) in [6, 6.07) is 9.42. The van der Waals surface area contributed by atoms with Gasteiger partial charge in [-0.1, -0.05) is 102 Å². The molecule has 3 rings (SSSR count). The Kier molecular flexibility index (Phi) is 7.42. The predicted octanol–water partition coefficient (Wildman–Crippen LogP) is 10.4. The van der Waals surface area contributed by atoms with Crippen LogP contribution in [0.2, 0.25) is 0 Å². The van der Waals surface area contributed by atoms with Gasteiger partial charge in [0.1, 0.15) is 11.2 Å². The largest absolute Gasteiger partial charge is 0.408 e. The van der Waals surface area contributed by atoms with Crippen molar-refractivity contribution >= 4 is 30.1 Å². The van der Waals surface area contributed by atoms with E-state index in [4.69, 9.17) is 8.39 Å². The number of fused-ring (bicyclic) bond motifs is 3. The van der Waals surface area contributed by atoms with E-state index in [9.17, 15) is 0 Å². The first-order valence-corrected chi connectivity index (χ1v) is 14.3. The lowest BCUT2D eigenvalue weighted by Gasteiger charge is -2.27. The fourth-order valence-corrected chi connectivity index (χ4v) is 5.58. The van der Waals surface area contributed by atoms with Gasteiger partial charge in [0.15, 0.2) is 0 Å². The highest BCUT2D eigenvalue weighted by Crippen LogP contribution is 2.44. The highest BCUT2D eigenvalue weighted by atomic mass is 31.1. The summed E-state index contributed by atoms with van der Waals surface area (Å²) in [5.74, 6) is 0. The molecule has 194 valence electrons. The normalized spacial score (nSPS) is 13.6. The summed E-state index contributed by atoms with van der Waals surface area (Å²) < 4.78 is 13.6. The van der Waals surface area contributed by atoms with E-state index in [2.05, 4.69) is 119 Å². The van der Waals surface area contributed by atoms with Gasteiger partial charge in [-0.3, -0.25) is 0 Å². The van der Waals surface area contributed by atoms with E-state index in [0.717, 1.165) is 34.9 Å². The van der Waals surface area contributed by atoms with Gasteiger partial charge in [0.2, 0.25) is 0 Å². The first kappa shape index (κ1) is 27.9. The first-order chi connectivity index (χ1) is 15.8. The van der Waals surface area contributed by atoms with Crippen molar-refractivity contribution in [1.82, 2.24) is 0 Å². The van der Waals surface area contributed by atoms with Crippen molar-refractivity contribution in [2.75, 3.05) is 11.6 Å². The van der Waals surface area contributed by atoms with Crippen LogP contribution in [0.1, 0.15) is 119 Å². The van der Waals surface area contributed by atoms with Crippen molar-refractivity contribution < 1.29 is 8.39 Å². The monoisotopic (exact) mass is 497 g/mol. The van der Waals surface area contributed by atoms with Gasteiger partial charge >= 0.3 is 8.16 Å². The second-order valence-corrected chi connectivity index (χ2v) is 15.3. The first-order valence-electron chi connectivity index (χ1n) is 13.1.